The average molecular weight is 861 g/mol. The summed E-state index contributed by atoms with van der Waals surface area (Å²) in [7, 11) is -2.20. The molecule has 0 unspecified atom stereocenters. The van der Waals surface area contributed by atoms with Gasteiger partial charge in [-0.1, -0.05) is 98.0 Å². The Morgan fingerprint density at radius 2 is 0.736 bits per heavy atom. The molecule has 0 N–H and O–H groups in total. The second kappa shape index (κ2) is 14.6. The van der Waals surface area contributed by atoms with Gasteiger partial charge < -0.3 is 0 Å². The normalized spacial score (nSPS) is 14.5. The first-order valence-electron chi connectivity index (χ1n) is 15.3. The molecule has 19 heteroatoms. The molecule has 0 fully saturated rings. The van der Waals surface area contributed by atoms with Crippen LogP contribution in [-0.2, 0) is 5.04 Å². The van der Waals surface area contributed by atoms with Gasteiger partial charge in [0.05, 0.1) is 8.80 Å². The Kier molecular flexibility index (Phi) is 12.2. The van der Waals surface area contributed by atoms with Gasteiger partial charge in [0.15, 0.2) is 0 Å². The van der Waals surface area contributed by atoms with Crippen LogP contribution >= 0.6 is 0 Å². The van der Waals surface area contributed by atoms with Crippen LogP contribution in [0, 0.1) is 0 Å². The molecule has 0 atom stereocenters. The van der Waals surface area contributed by atoms with Crippen LogP contribution in [0.3, 0.4) is 0 Å². The number of halogens is 17. The molecule has 0 aromatic heterocycles. The standard InChI is InChI=1S/C33H24F17Si.CH5Ge/c1-51(2)25(23-13-11-19-7-3-5-9-21(19)17-23,24-14-12-20-8-4-6-10-22(20)18-24)15-16-26(34,35)27(36,37)28(38,39)29(40,41)30(42,43)31(44,45)32(46,47)33(48,49)50;1-2/h3-14,17-18H,15-16H2,1-2H3;2H2,1H3. The van der Waals surface area contributed by atoms with Crippen molar-refractivity contribution in [1.82, 2.24) is 0 Å². The third kappa shape index (κ3) is 6.92. The van der Waals surface area contributed by atoms with Gasteiger partial charge in [-0.05, 0) is 39.1 Å². The minimum absolute atomic E-state index is 0.159. The van der Waals surface area contributed by atoms with E-state index in [1.807, 2.05) is 0 Å². The summed E-state index contributed by atoms with van der Waals surface area (Å²) in [5.41, 5.74) is 0.319. The van der Waals surface area contributed by atoms with Crippen molar-refractivity contribution in [3.05, 3.63) is 96.1 Å². The Hall–Kier alpha value is -3.03. The Morgan fingerprint density at radius 3 is 1.08 bits per heavy atom. The van der Waals surface area contributed by atoms with Crippen LogP contribution in [-0.4, -0.2) is 72.9 Å². The summed E-state index contributed by atoms with van der Waals surface area (Å²) in [6, 6.07) is 21.8. The van der Waals surface area contributed by atoms with Crippen molar-refractivity contribution in [2.45, 2.75) is 84.4 Å². The molecule has 0 amide bonds. The van der Waals surface area contributed by atoms with E-state index < -0.39 is 74.3 Å². The Balaban J connectivity index is 0.00000372. The molecular formula is C34H29F17GeSi. The third-order valence-electron chi connectivity index (χ3n) is 8.94. The Morgan fingerprint density at radius 1 is 0.415 bits per heavy atom. The quantitative estimate of drug-likeness (QED) is 0.0983. The van der Waals surface area contributed by atoms with Crippen molar-refractivity contribution in [3.8, 4) is 0 Å². The van der Waals surface area contributed by atoms with E-state index >= 15 is 8.78 Å². The maximum absolute atomic E-state index is 15.4. The van der Waals surface area contributed by atoms with E-state index in [1.165, 1.54) is 66.0 Å². The van der Waals surface area contributed by atoms with Gasteiger partial charge in [-0.25, -0.2) is 0 Å². The second-order valence-corrected chi connectivity index (χ2v) is 15.0. The van der Waals surface area contributed by atoms with Crippen LogP contribution in [0.15, 0.2) is 84.9 Å². The van der Waals surface area contributed by atoms with Crippen LogP contribution in [0.1, 0.15) is 24.0 Å². The predicted molar refractivity (Wildman–Crippen MR) is 170 cm³/mol. The molecule has 0 aliphatic carbocycles. The van der Waals surface area contributed by atoms with Crippen LogP contribution in [0.25, 0.3) is 21.5 Å². The fraction of sp³-hybridized carbons (Fsp3) is 0.412. The molecule has 292 valence electrons. The van der Waals surface area contributed by atoms with Gasteiger partial charge >= 0.3 is 69.9 Å². The first kappa shape index (κ1) is 44.4. The average Bonchev–Trinajstić information content (AvgIpc) is 3.08. The molecule has 0 bridgehead atoms. The van der Waals surface area contributed by atoms with Gasteiger partial charge in [-0.15, -0.1) is 0 Å². The van der Waals surface area contributed by atoms with Gasteiger partial charge in [-0.3, -0.25) is 0 Å². The summed E-state index contributed by atoms with van der Waals surface area (Å²) in [6.45, 7) is 3.02. The van der Waals surface area contributed by atoms with Crippen molar-refractivity contribution < 1.29 is 74.6 Å². The first-order valence-corrected chi connectivity index (χ1v) is 20.7. The van der Waals surface area contributed by atoms with Crippen LogP contribution < -0.4 is 0 Å². The maximum atomic E-state index is 15.4. The van der Waals surface area contributed by atoms with E-state index in [4.69, 9.17) is 0 Å². The van der Waals surface area contributed by atoms with Gasteiger partial charge in [-0.2, -0.15) is 74.6 Å². The fourth-order valence-corrected chi connectivity index (χ4v) is 7.98. The number of alkyl halides is 17. The molecule has 0 heterocycles. The molecule has 4 aromatic carbocycles. The number of hydrogen-bond acceptors (Lipinski definition) is 0. The zero-order valence-corrected chi connectivity index (χ0v) is 31.6. The number of hydrogen-bond donors (Lipinski definition) is 0. The fourth-order valence-electron chi connectivity index (χ4n) is 5.89. The van der Waals surface area contributed by atoms with E-state index in [0.29, 0.717) is 21.5 Å². The molecule has 4 aromatic rings. The molecule has 4 rings (SSSR count). The summed E-state index contributed by atoms with van der Waals surface area (Å²) in [5.74, 6) is -54.4. The summed E-state index contributed by atoms with van der Waals surface area (Å²) in [5, 5.41) is 0.433. The van der Waals surface area contributed by atoms with E-state index in [2.05, 4.69) is 5.76 Å². The summed E-state index contributed by atoms with van der Waals surface area (Å²) in [4.78, 5) is 0. The third-order valence-corrected chi connectivity index (χ3v) is 11.5. The Bertz CT molecular complexity index is 1810. The molecule has 0 saturated heterocycles. The van der Waals surface area contributed by atoms with E-state index in [0.717, 1.165) is 0 Å². The number of benzene rings is 4. The summed E-state index contributed by atoms with van der Waals surface area (Å²) >= 11 is 1.38. The van der Waals surface area contributed by atoms with Crippen LogP contribution in [0.4, 0.5) is 74.6 Å². The van der Waals surface area contributed by atoms with Crippen molar-refractivity contribution in [3.63, 3.8) is 0 Å². The monoisotopic (exact) mass is 862 g/mol. The van der Waals surface area contributed by atoms with Gasteiger partial charge in [0, 0.05) is 11.5 Å². The molecule has 0 aliphatic heterocycles. The second-order valence-electron chi connectivity index (χ2n) is 12.2. The summed E-state index contributed by atoms with van der Waals surface area (Å²) in [6.07, 6.45) is -11.6. The van der Waals surface area contributed by atoms with Crippen molar-refractivity contribution in [2.75, 3.05) is 0 Å². The molecule has 2 radical (unpaired) electrons. The van der Waals surface area contributed by atoms with Gasteiger partial charge in [0.1, 0.15) is 0 Å². The molecule has 53 heavy (non-hydrogen) atoms. The molecular weight excluding hydrogens is 832 g/mol. The minimum atomic E-state index is -8.66. The Labute approximate surface area is 301 Å². The van der Waals surface area contributed by atoms with Crippen molar-refractivity contribution >= 4 is 46.9 Å². The topological polar surface area (TPSA) is 0 Å². The molecule has 0 saturated carbocycles. The van der Waals surface area contributed by atoms with Crippen LogP contribution in [0.2, 0.25) is 18.9 Å². The summed E-state index contributed by atoms with van der Waals surface area (Å²) < 4.78 is 238. The molecule has 0 nitrogen and oxygen atoms in total. The zero-order chi connectivity index (χ0) is 40.9. The number of fused-ring (bicyclic) bond motifs is 2. The van der Waals surface area contributed by atoms with Gasteiger partial charge in [0.2, 0.25) is 0 Å². The van der Waals surface area contributed by atoms with E-state index in [1.54, 1.807) is 48.5 Å². The predicted octanol–water partition coefficient (Wildman–Crippen LogP) is 12.0. The zero-order valence-electron chi connectivity index (χ0n) is 27.6. The molecule has 0 spiro atoms. The van der Waals surface area contributed by atoms with Gasteiger partial charge in [0.25, 0.3) is 0 Å². The number of rotatable bonds is 12. The van der Waals surface area contributed by atoms with E-state index in [-0.39, 0.29) is 11.1 Å². The van der Waals surface area contributed by atoms with E-state index in [9.17, 15) is 65.9 Å². The van der Waals surface area contributed by atoms with Crippen molar-refractivity contribution in [2.24, 2.45) is 0 Å². The van der Waals surface area contributed by atoms with Crippen LogP contribution in [0.5, 0.6) is 0 Å². The molecule has 0 aliphatic rings. The first-order chi connectivity index (χ1) is 24.0. The SMILES string of the molecule is C[Si](C)C(CCC(F)(F)C(F)(F)C(F)(F)C(F)(F)C(F)(F)C(F)(F)C(F)(F)C(F)(F)F)(c1ccc2ccccc2c1)c1ccc2ccccc2c1.[CH3][GeH2]. The van der Waals surface area contributed by atoms with Crippen molar-refractivity contribution in [1.29, 1.82) is 0 Å².